The molecule has 1 aromatic carbocycles. The van der Waals surface area contributed by atoms with Crippen LogP contribution in [0.4, 0.5) is 0 Å². The van der Waals surface area contributed by atoms with Gasteiger partial charge in [0.2, 0.25) is 0 Å². The van der Waals surface area contributed by atoms with E-state index in [4.69, 9.17) is 10.5 Å². The summed E-state index contributed by atoms with van der Waals surface area (Å²) in [7, 11) is 0. The molecule has 1 amide bonds. The van der Waals surface area contributed by atoms with Crippen LogP contribution < -0.4 is 10.5 Å². The van der Waals surface area contributed by atoms with Crippen molar-refractivity contribution in [2.75, 3.05) is 0 Å². The van der Waals surface area contributed by atoms with Crippen molar-refractivity contribution in [2.45, 2.75) is 6.92 Å². The van der Waals surface area contributed by atoms with E-state index in [1.54, 1.807) is 18.2 Å². The number of hydrogen-bond donors (Lipinski definition) is 1. The number of esters is 1. The average Bonchev–Trinajstić information content (AvgIpc) is 2.62. The molecular formula is C12H8Br2N2O3S. The molecule has 2 rings (SSSR count). The molecule has 20 heavy (non-hydrogen) atoms. The number of amides is 1. The van der Waals surface area contributed by atoms with E-state index in [9.17, 15) is 9.59 Å². The number of nitrogens with two attached hydrogens (primary N) is 1. The number of thioether (sulfide) groups is 1. The molecule has 0 fully saturated rings. The number of halogens is 2. The number of carbonyl (C=O) groups is 2. The molecule has 0 aliphatic carbocycles. The maximum Gasteiger partial charge on any atom is 0.308 e. The number of ether oxygens (including phenoxy) is 1. The minimum Gasteiger partial charge on any atom is -0.424 e. The Balaban J connectivity index is 2.34. The first-order valence-corrected chi connectivity index (χ1v) is 7.72. The highest BCUT2D eigenvalue weighted by molar-refractivity contribution is 9.11. The van der Waals surface area contributed by atoms with Gasteiger partial charge in [-0.3, -0.25) is 9.59 Å². The first-order chi connectivity index (χ1) is 9.36. The second kappa shape index (κ2) is 6.11. The van der Waals surface area contributed by atoms with Gasteiger partial charge in [0, 0.05) is 6.92 Å². The average molecular weight is 420 g/mol. The third kappa shape index (κ3) is 3.50. The van der Waals surface area contributed by atoms with E-state index in [1.807, 2.05) is 0 Å². The molecule has 0 saturated heterocycles. The fourth-order valence-corrected chi connectivity index (χ4v) is 3.55. The lowest BCUT2D eigenvalue weighted by Crippen LogP contribution is -2.02. The van der Waals surface area contributed by atoms with E-state index in [0.717, 1.165) is 17.3 Å². The summed E-state index contributed by atoms with van der Waals surface area (Å²) in [5.41, 5.74) is 6.23. The maximum absolute atomic E-state index is 11.5. The zero-order valence-corrected chi connectivity index (χ0v) is 14.1. The van der Waals surface area contributed by atoms with Gasteiger partial charge < -0.3 is 10.5 Å². The number of amidine groups is 1. The van der Waals surface area contributed by atoms with Crippen LogP contribution in [0.1, 0.15) is 12.5 Å². The van der Waals surface area contributed by atoms with Gasteiger partial charge in [-0.1, -0.05) is 0 Å². The van der Waals surface area contributed by atoms with Gasteiger partial charge in [-0.15, -0.1) is 0 Å². The summed E-state index contributed by atoms with van der Waals surface area (Å²) in [6.07, 6.45) is 1.67. The Labute approximate surface area is 135 Å². The van der Waals surface area contributed by atoms with Crippen molar-refractivity contribution >= 4 is 66.7 Å². The molecule has 1 aliphatic heterocycles. The Morgan fingerprint density at radius 2 is 2.00 bits per heavy atom. The Kier molecular flexibility index (Phi) is 4.66. The highest BCUT2D eigenvalue weighted by Gasteiger charge is 2.20. The number of hydrogen-bond acceptors (Lipinski definition) is 5. The van der Waals surface area contributed by atoms with Crippen molar-refractivity contribution < 1.29 is 14.3 Å². The van der Waals surface area contributed by atoms with Crippen LogP contribution in [-0.4, -0.2) is 17.0 Å². The molecule has 0 saturated carbocycles. The van der Waals surface area contributed by atoms with E-state index < -0.39 is 5.97 Å². The Bertz CT molecular complexity index is 648. The number of rotatable bonds is 2. The Hall–Kier alpha value is -1.12. The van der Waals surface area contributed by atoms with Crippen molar-refractivity contribution in [3.63, 3.8) is 0 Å². The summed E-state index contributed by atoms with van der Waals surface area (Å²) < 4.78 is 6.26. The van der Waals surface area contributed by atoms with Gasteiger partial charge in [-0.05, 0) is 67.4 Å². The predicted octanol–water partition coefficient (Wildman–Crippen LogP) is 3.07. The third-order valence-corrected chi connectivity index (χ3v) is 4.19. The molecular weight excluding hydrogens is 412 g/mol. The van der Waals surface area contributed by atoms with E-state index in [0.29, 0.717) is 19.6 Å². The van der Waals surface area contributed by atoms with E-state index in [-0.39, 0.29) is 11.1 Å². The van der Waals surface area contributed by atoms with Crippen LogP contribution in [-0.2, 0) is 9.59 Å². The quantitative estimate of drug-likeness (QED) is 0.452. The smallest absolute Gasteiger partial charge is 0.308 e. The molecule has 1 heterocycles. The van der Waals surface area contributed by atoms with Crippen molar-refractivity contribution in [1.29, 1.82) is 0 Å². The molecule has 0 unspecified atom stereocenters. The minimum absolute atomic E-state index is 0.232. The number of nitrogens with zero attached hydrogens (tertiary/aromatic N) is 1. The van der Waals surface area contributed by atoms with E-state index in [1.165, 1.54) is 6.92 Å². The van der Waals surface area contributed by atoms with Gasteiger partial charge in [0.25, 0.3) is 5.91 Å². The number of carbonyl (C=O) groups excluding carboxylic acids is 2. The number of aliphatic imine (C=N–C) groups is 1. The van der Waals surface area contributed by atoms with Crippen LogP contribution >= 0.6 is 43.6 Å². The lowest BCUT2D eigenvalue weighted by molar-refractivity contribution is -0.132. The Morgan fingerprint density at radius 1 is 1.40 bits per heavy atom. The van der Waals surface area contributed by atoms with E-state index in [2.05, 4.69) is 36.9 Å². The lowest BCUT2D eigenvalue weighted by atomic mass is 10.2. The van der Waals surface area contributed by atoms with Gasteiger partial charge in [-0.25, -0.2) is 0 Å². The fraction of sp³-hybridized carbons (Fsp3) is 0.0833. The molecule has 2 N–H and O–H groups in total. The monoisotopic (exact) mass is 418 g/mol. The summed E-state index contributed by atoms with van der Waals surface area (Å²) in [5, 5.41) is 0.232. The van der Waals surface area contributed by atoms with E-state index >= 15 is 0 Å². The van der Waals surface area contributed by atoms with Crippen LogP contribution in [0.2, 0.25) is 0 Å². The van der Waals surface area contributed by atoms with Crippen LogP contribution in [0.5, 0.6) is 5.75 Å². The van der Waals surface area contributed by atoms with Gasteiger partial charge in [-0.2, -0.15) is 4.99 Å². The number of benzene rings is 1. The summed E-state index contributed by atoms with van der Waals surface area (Å²) in [6, 6.07) is 3.47. The summed E-state index contributed by atoms with van der Waals surface area (Å²) in [6.45, 7) is 1.32. The first-order valence-electron chi connectivity index (χ1n) is 5.32. The van der Waals surface area contributed by atoms with Crippen molar-refractivity contribution in [3.05, 3.63) is 31.5 Å². The highest BCUT2D eigenvalue weighted by atomic mass is 79.9. The van der Waals surface area contributed by atoms with Crippen LogP contribution in [0, 0.1) is 0 Å². The van der Waals surface area contributed by atoms with Gasteiger partial charge in [0.05, 0.1) is 13.9 Å². The molecule has 8 heteroatoms. The molecule has 0 bridgehead atoms. The summed E-state index contributed by atoms with van der Waals surface area (Å²) in [5.74, 6) is -0.384. The van der Waals surface area contributed by atoms with Crippen LogP contribution in [0.25, 0.3) is 6.08 Å². The zero-order chi connectivity index (χ0) is 14.9. The second-order valence-electron chi connectivity index (χ2n) is 3.77. The largest absolute Gasteiger partial charge is 0.424 e. The van der Waals surface area contributed by atoms with Crippen molar-refractivity contribution in [1.82, 2.24) is 0 Å². The molecule has 0 atom stereocenters. The van der Waals surface area contributed by atoms with Crippen molar-refractivity contribution in [3.8, 4) is 5.75 Å². The highest BCUT2D eigenvalue weighted by Crippen LogP contribution is 2.36. The zero-order valence-electron chi connectivity index (χ0n) is 10.1. The SMILES string of the molecule is CC(=O)Oc1c(Br)cc(/C=C2\SC(N)=NC2=O)cc1Br. The second-order valence-corrected chi connectivity index (χ2v) is 6.54. The van der Waals surface area contributed by atoms with Crippen LogP contribution in [0.3, 0.4) is 0 Å². The molecule has 1 aromatic rings. The van der Waals surface area contributed by atoms with Crippen LogP contribution in [0.15, 0.2) is 31.0 Å². The van der Waals surface area contributed by atoms with Gasteiger partial charge >= 0.3 is 5.97 Å². The van der Waals surface area contributed by atoms with Crippen molar-refractivity contribution in [2.24, 2.45) is 10.7 Å². The molecule has 0 radical (unpaired) electrons. The lowest BCUT2D eigenvalue weighted by Gasteiger charge is -2.08. The third-order valence-electron chi connectivity index (χ3n) is 2.20. The standard InChI is InChI=1S/C12H8Br2N2O3S/c1-5(17)19-10-7(13)2-6(3-8(10)14)4-9-11(18)16-12(15)20-9/h2-4H,1H3,(H2,15,16,18)/b9-4-. The van der Waals surface area contributed by atoms with Gasteiger partial charge in [0.15, 0.2) is 10.9 Å². The Morgan fingerprint density at radius 3 is 2.45 bits per heavy atom. The molecule has 1 aliphatic rings. The predicted molar refractivity (Wildman–Crippen MR) is 85.3 cm³/mol. The normalized spacial score (nSPS) is 16.4. The minimum atomic E-state index is -0.416. The first kappa shape index (κ1) is 15.3. The summed E-state index contributed by atoms with van der Waals surface area (Å²) >= 11 is 7.76. The summed E-state index contributed by atoms with van der Waals surface area (Å²) in [4.78, 5) is 26.6. The molecule has 0 aromatic heterocycles. The topological polar surface area (TPSA) is 81.8 Å². The van der Waals surface area contributed by atoms with Gasteiger partial charge in [0.1, 0.15) is 0 Å². The maximum atomic E-state index is 11.5. The molecule has 0 spiro atoms. The molecule has 5 nitrogen and oxygen atoms in total. The fourth-order valence-electron chi connectivity index (χ4n) is 1.48. The molecule has 104 valence electrons.